The van der Waals surface area contributed by atoms with E-state index in [1.165, 1.54) is 11.3 Å². The Morgan fingerprint density at radius 1 is 1.07 bits per heavy atom. The third kappa shape index (κ3) is 3.73. The van der Waals surface area contributed by atoms with Crippen molar-refractivity contribution < 1.29 is 4.74 Å². The minimum Gasteiger partial charge on any atom is -0.497 e. The molecule has 0 bridgehead atoms. The number of nitrogens with one attached hydrogen (secondary N) is 1. The highest BCUT2D eigenvalue weighted by Gasteiger charge is 2.30. The standard InChI is InChI=1S/C21H20BrN3OS/c1-26-18-10-4-15(5-11-18)20-19-3-2-12-24(19)13-14-25(20)21(27)23-17-8-6-16(22)7-9-17/h2-12,20H,13-14H2,1H3,(H,23,27). The van der Waals surface area contributed by atoms with Gasteiger partial charge >= 0.3 is 0 Å². The first-order chi connectivity index (χ1) is 13.2. The van der Waals surface area contributed by atoms with Gasteiger partial charge in [0.2, 0.25) is 0 Å². The first-order valence-corrected chi connectivity index (χ1v) is 9.98. The molecule has 0 spiro atoms. The second kappa shape index (κ2) is 7.74. The van der Waals surface area contributed by atoms with Crippen LogP contribution in [0.1, 0.15) is 17.3 Å². The quantitative estimate of drug-likeness (QED) is 0.575. The summed E-state index contributed by atoms with van der Waals surface area (Å²) < 4.78 is 8.66. The van der Waals surface area contributed by atoms with Crippen molar-refractivity contribution in [3.8, 4) is 5.75 Å². The van der Waals surface area contributed by atoms with E-state index in [9.17, 15) is 0 Å². The molecule has 0 fully saturated rings. The Bertz CT molecular complexity index is 937. The summed E-state index contributed by atoms with van der Waals surface area (Å²) in [4.78, 5) is 2.26. The topological polar surface area (TPSA) is 29.4 Å². The van der Waals surface area contributed by atoms with Gasteiger partial charge in [-0.15, -0.1) is 0 Å². The Morgan fingerprint density at radius 3 is 2.52 bits per heavy atom. The van der Waals surface area contributed by atoms with Gasteiger partial charge in [-0.2, -0.15) is 0 Å². The number of nitrogens with zero attached hydrogens (tertiary/aromatic N) is 2. The van der Waals surface area contributed by atoms with Crippen LogP contribution in [-0.2, 0) is 6.54 Å². The van der Waals surface area contributed by atoms with Gasteiger partial charge in [-0.3, -0.25) is 0 Å². The molecule has 4 rings (SSSR count). The molecular formula is C21H20BrN3OS. The first-order valence-electron chi connectivity index (χ1n) is 8.78. The molecule has 0 saturated heterocycles. The molecule has 138 valence electrons. The number of fused-ring (bicyclic) bond motifs is 1. The van der Waals surface area contributed by atoms with Crippen molar-refractivity contribution in [3.63, 3.8) is 0 Å². The van der Waals surface area contributed by atoms with Gasteiger partial charge in [-0.1, -0.05) is 28.1 Å². The molecule has 1 unspecified atom stereocenters. The first kappa shape index (κ1) is 18.1. The van der Waals surface area contributed by atoms with Crippen LogP contribution in [0, 0.1) is 0 Å². The van der Waals surface area contributed by atoms with Crippen LogP contribution in [0.2, 0.25) is 0 Å². The monoisotopic (exact) mass is 441 g/mol. The Balaban J connectivity index is 1.65. The summed E-state index contributed by atoms with van der Waals surface area (Å²) >= 11 is 9.26. The summed E-state index contributed by atoms with van der Waals surface area (Å²) in [6, 6.07) is 20.6. The van der Waals surface area contributed by atoms with Gasteiger partial charge in [0.1, 0.15) is 5.75 Å². The van der Waals surface area contributed by atoms with Crippen molar-refractivity contribution in [1.29, 1.82) is 0 Å². The average molecular weight is 442 g/mol. The zero-order chi connectivity index (χ0) is 18.8. The lowest BCUT2D eigenvalue weighted by atomic mass is 10.00. The molecule has 1 aliphatic heterocycles. The zero-order valence-electron chi connectivity index (χ0n) is 14.9. The molecule has 2 heterocycles. The molecule has 1 aromatic heterocycles. The highest BCUT2D eigenvalue weighted by molar-refractivity contribution is 9.10. The fourth-order valence-electron chi connectivity index (χ4n) is 3.47. The zero-order valence-corrected chi connectivity index (χ0v) is 17.3. The number of aromatic nitrogens is 1. The molecular weight excluding hydrogens is 422 g/mol. The van der Waals surface area contributed by atoms with E-state index in [0.717, 1.165) is 34.1 Å². The molecule has 3 aromatic rings. The van der Waals surface area contributed by atoms with Crippen LogP contribution in [0.3, 0.4) is 0 Å². The SMILES string of the molecule is COc1ccc(C2c3cccn3CCN2C(=S)Nc2ccc(Br)cc2)cc1. The fraction of sp³-hybridized carbons (Fsp3) is 0.190. The second-order valence-corrected chi connectivity index (χ2v) is 7.73. The van der Waals surface area contributed by atoms with Crippen LogP contribution in [0.25, 0.3) is 0 Å². The summed E-state index contributed by atoms with van der Waals surface area (Å²) in [5.74, 6) is 0.854. The van der Waals surface area contributed by atoms with Crippen molar-refractivity contribution in [2.45, 2.75) is 12.6 Å². The number of halogens is 1. The molecule has 1 N–H and O–H groups in total. The van der Waals surface area contributed by atoms with Gasteiger partial charge in [-0.05, 0) is 66.3 Å². The van der Waals surface area contributed by atoms with Crippen molar-refractivity contribution in [1.82, 2.24) is 9.47 Å². The fourth-order valence-corrected chi connectivity index (χ4v) is 4.05. The van der Waals surface area contributed by atoms with Crippen molar-refractivity contribution in [2.24, 2.45) is 0 Å². The van der Waals surface area contributed by atoms with Gasteiger partial charge in [0.25, 0.3) is 0 Å². The highest BCUT2D eigenvalue weighted by Crippen LogP contribution is 2.33. The maximum absolute atomic E-state index is 5.79. The lowest BCUT2D eigenvalue weighted by Crippen LogP contribution is -2.44. The maximum Gasteiger partial charge on any atom is 0.174 e. The van der Waals surface area contributed by atoms with Gasteiger partial charge in [0, 0.05) is 35.1 Å². The third-order valence-corrected chi connectivity index (χ3v) is 5.69. The normalized spacial score (nSPS) is 15.9. The molecule has 0 radical (unpaired) electrons. The predicted octanol–water partition coefficient (Wildman–Crippen LogP) is 5.06. The van der Waals surface area contributed by atoms with E-state index in [1.54, 1.807) is 7.11 Å². The largest absolute Gasteiger partial charge is 0.497 e. The smallest absolute Gasteiger partial charge is 0.174 e. The second-order valence-electron chi connectivity index (χ2n) is 6.43. The summed E-state index contributed by atoms with van der Waals surface area (Å²) in [6.07, 6.45) is 2.13. The number of methoxy groups -OCH3 is 1. The third-order valence-electron chi connectivity index (χ3n) is 4.83. The summed E-state index contributed by atoms with van der Waals surface area (Å²) in [5.41, 5.74) is 3.42. The van der Waals surface area contributed by atoms with E-state index in [-0.39, 0.29) is 6.04 Å². The molecule has 0 saturated carbocycles. The molecule has 1 aliphatic rings. The van der Waals surface area contributed by atoms with E-state index in [2.05, 4.69) is 61.2 Å². The molecule has 1 atom stereocenters. The van der Waals surface area contributed by atoms with Crippen LogP contribution >= 0.6 is 28.1 Å². The number of anilines is 1. The van der Waals surface area contributed by atoms with Gasteiger partial charge in [-0.25, -0.2) is 0 Å². The highest BCUT2D eigenvalue weighted by atomic mass is 79.9. The van der Waals surface area contributed by atoms with Gasteiger partial charge in [0.05, 0.1) is 13.2 Å². The van der Waals surface area contributed by atoms with Crippen LogP contribution in [-0.4, -0.2) is 28.2 Å². The minimum atomic E-state index is 0.0649. The Hall–Kier alpha value is -2.31. The van der Waals surface area contributed by atoms with E-state index < -0.39 is 0 Å². The summed E-state index contributed by atoms with van der Waals surface area (Å²) in [5, 5.41) is 4.11. The predicted molar refractivity (Wildman–Crippen MR) is 116 cm³/mol. The van der Waals surface area contributed by atoms with E-state index >= 15 is 0 Å². The van der Waals surface area contributed by atoms with Crippen LogP contribution < -0.4 is 10.1 Å². The lowest BCUT2D eigenvalue weighted by molar-refractivity contribution is 0.293. The molecule has 27 heavy (non-hydrogen) atoms. The Labute approximate surface area is 172 Å². The molecule has 2 aromatic carbocycles. The number of rotatable bonds is 3. The molecule has 0 aliphatic carbocycles. The van der Waals surface area contributed by atoms with Crippen molar-refractivity contribution in [2.75, 3.05) is 19.0 Å². The van der Waals surface area contributed by atoms with Gasteiger partial charge < -0.3 is 19.5 Å². The average Bonchev–Trinajstić information content (AvgIpc) is 3.18. The van der Waals surface area contributed by atoms with E-state index in [4.69, 9.17) is 17.0 Å². The molecule has 0 amide bonds. The van der Waals surface area contributed by atoms with Crippen LogP contribution in [0.5, 0.6) is 5.75 Å². The minimum absolute atomic E-state index is 0.0649. The van der Waals surface area contributed by atoms with Crippen LogP contribution in [0.15, 0.2) is 71.3 Å². The summed E-state index contributed by atoms with van der Waals surface area (Å²) in [6.45, 7) is 1.76. The summed E-state index contributed by atoms with van der Waals surface area (Å²) in [7, 11) is 1.68. The number of ether oxygens (including phenoxy) is 1. The lowest BCUT2D eigenvalue weighted by Gasteiger charge is -2.39. The molecule has 4 nitrogen and oxygen atoms in total. The Kier molecular flexibility index (Phi) is 5.18. The van der Waals surface area contributed by atoms with E-state index in [0.29, 0.717) is 0 Å². The van der Waals surface area contributed by atoms with Gasteiger partial charge in [0.15, 0.2) is 5.11 Å². The number of thiocarbonyl (C=S) groups is 1. The van der Waals surface area contributed by atoms with Crippen LogP contribution in [0.4, 0.5) is 5.69 Å². The number of benzene rings is 2. The molecule has 6 heteroatoms. The Morgan fingerprint density at radius 2 is 1.81 bits per heavy atom. The number of hydrogen-bond donors (Lipinski definition) is 1. The maximum atomic E-state index is 5.79. The number of hydrogen-bond acceptors (Lipinski definition) is 2. The van der Waals surface area contributed by atoms with Crippen molar-refractivity contribution in [3.05, 3.63) is 82.6 Å². The van der Waals surface area contributed by atoms with Crippen molar-refractivity contribution >= 4 is 38.9 Å². The van der Waals surface area contributed by atoms with E-state index in [1.807, 2.05) is 36.4 Å².